The van der Waals surface area contributed by atoms with Gasteiger partial charge in [-0.05, 0) is 30.7 Å². The molecule has 0 aliphatic rings. The largest absolute Gasteiger partial charge is 0.418 e. The zero-order chi connectivity index (χ0) is 17.7. The molecule has 0 saturated heterocycles. The van der Waals surface area contributed by atoms with Crippen LogP contribution in [0.4, 0.5) is 24.8 Å². The van der Waals surface area contributed by atoms with Crippen molar-refractivity contribution < 1.29 is 25.9 Å². The molecule has 0 spiro atoms. The van der Waals surface area contributed by atoms with E-state index in [0.29, 0.717) is 13.0 Å². The van der Waals surface area contributed by atoms with Crippen LogP contribution in [0.15, 0.2) is 30.5 Å². The smallest absolute Gasteiger partial charge is 0.396 e. The van der Waals surface area contributed by atoms with Gasteiger partial charge in [-0.15, -0.1) is 0 Å². The van der Waals surface area contributed by atoms with Gasteiger partial charge in [-0.3, -0.25) is 4.79 Å². The summed E-state index contributed by atoms with van der Waals surface area (Å²) in [7, 11) is 0. The van der Waals surface area contributed by atoms with Crippen LogP contribution in [0, 0.1) is 0 Å². The predicted molar refractivity (Wildman–Crippen MR) is 85.7 cm³/mol. The summed E-state index contributed by atoms with van der Waals surface area (Å²) in [5.41, 5.74) is 3.52. The number of halogens is 3. The number of aliphatic hydroxyl groups is 1. The fourth-order valence-electron chi connectivity index (χ4n) is 1.99. The predicted octanol–water partition coefficient (Wildman–Crippen LogP) is 2.59. The number of nitrogens with zero attached hydrogens (tertiary/aromatic N) is 2. The molecule has 0 fully saturated rings. The number of hydrogen-bond donors (Lipinski definition) is 3. The molecule has 132 valence electrons. The van der Waals surface area contributed by atoms with E-state index in [-0.39, 0.29) is 26.7 Å². The van der Waals surface area contributed by atoms with Crippen molar-refractivity contribution in [2.45, 2.75) is 12.6 Å². The lowest BCUT2D eigenvalue weighted by molar-refractivity contribution is -0.138. The molecule has 2 aromatic heterocycles. The lowest BCUT2D eigenvalue weighted by Crippen LogP contribution is -2.18. The first kappa shape index (κ1) is 17.7. The Hall–Kier alpha value is -2.68. The van der Waals surface area contributed by atoms with Gasteiger partial charge in [-0.25, -0.2) is 9.97 Å². The third-order valence-corrected chi connectivity index (χ3v) is 3.14. The summed E-state index contributed by atoms with van der Waals surface area (Å²) in [6, 6.07) is 4.61. The number of nitrogens with one attached hydrogen (secondary N) is 1. The molecule has 0 saturated carbocycles. The van der Waals surface area contributed by atoms with Crippen LogP contribution < -0.4 is 11.1 Å². The van der Waals surface area contributed by atoms with Gasteiger partial charge in [0.15, 0.2) is 0 Å². The van der Waals surface area contributed by atoms with Crippen molar-refractivity contribution in [1.82, 2.24) is 9.97 Å². The van der Waals surface area contributed by atoms with E-state index in [2.05, 4.69) is 15.3 Å². The van der Waals surface area contributed by atoms with E-state index in [4.69, 9.17) is 10.8 Å². The number of nitrogen functional groups attached to an aromatic ring is 1. The molecule has 0 unspecified atom stereocenters. The maximum absolute atomic E-state index is 13.2. The number of carbonyl (C=O) groups excluding carboxylic acids is 1. The van der Waals surface area contributed by atoms with Crippen LogP contribution in [-0.4, -0.2) is 34.0 Å². The molecule has 2 heterocycles. The number of pyridine rings is 2. The number of anilines is 2. The Morgan fingerprint density at radius 1 is 1.33 bits per heavy atom. The van der Waals surface area contributed by atoms with Gasteiger partial charge >= 0.3 is 6.18 Å². The van der Waals surface area contributed by atoms with Crippen LogP contribution >= 0.6 is 0 Å². The van der Waals surface area contributed by atoms with Gasteiger partial charge < -0.3 is 16.2 Å². The van der Waals surface area contributed by atoms with Crippen molar-refractivity contribution in [2.75, 3.05) is 24.2 Å². The van der Waals surface area contributed by atoms with Crippen LogP contribution in [-0.2, 0) is 6.18 Å². The van der Waals surface area contributed by atoms with Crippen LogP contribution in [0.25, 0.3) is 0 Å². The Balaban J connectivity index is 0.00000312. The van der Waals surface area contributed by atoms with Crippen LogP contribution in [0.3, 0.4) is 0 Å². The Morgan fingerprint density at radius 2 is 2.08 bits per heavy atom. The topological polar surface area (TPSA) is 101 Å². The number of hydrogen-bond acceptors (Lipinski definition) is 6. The minimum absolute atomic E-state index is 0. The molecular weight excluding hydrogens is 325 g/mol. The highest BCUT2D eigenvalue weighted by molar-refractivity contribution is 6.11. The summed E-state index contributed by atoms with van der Waals surface area (Å²) in [4.78, 5) is 20.0. The van der Waals surface area contributed by atoms with E-state index >= 15 is 0 Å². The van der Waals surface area contributed by atoms with E-state index in [9.17, 15) is 18.0 Å². The molecule has 0 aliphatic carbocycles. The van der Waals surface area contributed by atoms with Gasteiger partial charge in [0, 0.05) is 22.2 Å². The summed E-state index contributed by atoms with van der Waals surface area (Å²) in [6.07, 6.45) is -3.02. The van der Waals surface area contributed by atoms with E-state index in [1.807, 2.05) is 0 Å². The maximum atomic E-state index is 13.2. The van der Waals surface area contributed by atoms with Crippen molar-refractivity contribution in [3.05, 3.63) is 47.3 Å². The molecule has 0 amide bonds. The van der Waals surface area contributed by atoms with Gasteiger partial charge in [-0.1, -0.05) is 0 Å². The first-order valence-corrected chi connectivity index (χ1v) is 7.02. The molecule has 0 aromatic carbocycles. The van der Waals surface area contributed by atoms with E-state index in [1.165, 1.54) is 18.3 Å². The second-order valence-corrected chi connectivity index (χ2v) is 4.86. The Bertz CT molecular complexity index is 745. The highest BCUT2D eigenvalue weighted by Crippen LogP contribution is 2.33. The summed E-state index contributed by atoms with van der Waals surface area (Å²) in [5.74, 6) is -1.03. The molecular formula is C15H19F3N4O2. The normalized spacial score (nSPS) is 11.3. The number of ketones is 1. The number of rotatable bonds is 6. The van der Waals surface area contributed by atoms with Gasteiger partial charge in [0.05, 0.1) is 11.1 Å². The fraction of sp³-hybridized carbons (Fsp3) is 0.267. The van der Waals surface area contributed by atoms with Gasteiger partial charge in [-0.2, -0.15) is 13.2 Å². The zero-order valence-corrected chi connectivity index (χ0v) is 12.5. The second kappa shape index (κ2) is 7.26. The third kappa shape index (κ3) is 3.99. The summed E-state index contributed by atoms with van der Waals surface area (Å²) >= 11 is 0. The number of nitrogens with two attached hydrogens (primary N) is 1. The SMILES string of the molecule is Nc1ncccc1C(=O)c1nc(NCCCO)ccc1C(F)(F)F.[HH].[HH]. The van der Waals surface area contributed by atoms with E-state index < -0.39 is 23.2 Å². The molecule has 6 nitrogen and oxygen atoms in total. The highest BCUT2D eigenvalue weighted by atomic mass is 19.4. The Morgan fingerprint density at radius 3 is 2.71 bits per heavy atom. The molecule has 0 atom stereocenters. The summed E-state index contributed by atoms with van der Waals surface area (Å²) in [6.45, 7) is 0.225. The van der Waals surface area contributed by atoms with Gasteiger partial charge in [0.1, 0.15) is 17.3 Å². The van der Waals surface area contributed by atoms with Crippen molar-refractivity contribution in [2.24, 2.45) is 0 Å². The Labute approximate surface area is 138 Å². The minimum Gasteiger partial charge on any atom is -0.396 e. The first-order chi connectivity index (χ1) is 11.3. The summed E-state index contributed by atoms with van der Waals surface area (Å²) < 4.78 is 39.5. The Kier molecular flexibility index (Phi) is 5.35. The van der Waals surface area contributed by atoms with Gasteiger partial charge in [0.2, 0.25) is 5.78 Å². The van der Waals surface area contributed by atoms with Crippen LogP contribution in [0.5, 0.6) is 0 Å². The number of aromatic nitrogens is 2. The zero-order valence-electron chi connectivity index (χ0n) is 12.5. The monoisotopic (exact) mass is 344 g/mol. The maximum Gasteiger partial charge on any atom is 0.418 e. The molecule has 9 heteroatoms. The fourth-order valence-corrected chi connectivity index (χ4v) is 1.99. The van der Waals surface area contributed by atoms with Crippen molar-refractivity contribution in [3.8, 4) is 0 Å². The highest BCUT2D eigenvalue weighted by Gasteiger charge is 2.37. The second-order valence-electron chi connectivity index (χ2n) is 4.86. The number of carbonyl (C=O) groups is 1. The average Bonchev–Trinajstić information content (AvgIpc) is 2.54. The lowest BCUT2D eigenvalue weighted by Gasteiger charge is -2.14. The third-order valence-electron chi connectivity index (χ3n) is 3.14. The van der Waals surface area contributed by atoms with Crippen molar-refractivity contribution >= 4 is 17.4 Å². The summed E-state index contributed by atoms with van der Waals surface area (Å²) in [5, 5.41) is 11.5. The standard InChI is InChI=1S/C15H15F3N4O2.2H2/c16-15(17,18)10-4-5-11(20-7-2-8-23)22-12(10)13(24)9-3-1-6-21-14(9)19;;/h1,3-6,23H,2,7-8H2,(H2,19,21)(H,20,22);2*1H. The molecule has 2 rings (SSSR count). The van der Waals surface area contributed by atoms with Crippen LogP contribution in [0.1, 0.15) is 30.9 Å². The van der Waals surface area contributed by atoms with Crippen LogP contribution in [0.2, 0.25) is 0 Å². The van der Waals surface area contributed by atoms with E-state index in [1.54, 1.807) is 0 Å². The molecule has 0 radical (unpaired) electrons. The molecule has 2 aromatic rings. The van der Waals surface area contributed by atoms with Gasteiger partial charge in [0.25, 0.3) is 0 Å². The molecule has 4 N–H and O–H groups in total. The average molecular weight is 344 g/mol. The molecule has 24 heavy (non-hydrogen) atoms. The minimum atomic E-state index is -4.74. The van der Waals surface area contributed by atoms with Crippen molar-refractivity contribution in [1.29, 1.82) is 0 Å². The van der Waals surface area contributed by atoms with Crippen molar-refractivity contribution in [3.63, 3.8) is 0 Å². The number of alkyl halides is 3. The lowest BCUT2D eigenvalue weighted by atomic mass is 10.0. The first-order valence-electron chi connectivity index (χ1n) is 7.02. The van der Waals surface area contributed by atoms with E-state index in [0.717, 1.165) is 12.1 Å². The molecule has 0 aliphatic heterocycles. The molecule has 0 bridgehead atoms. The number of aliphatic hydroxyl groups excluding tert-OH is 1. The quantitative estimate of drug-likeness (QED) is 0.550.